The molecule has 0 fully saturated rings. The van der Waals surface area contributed by atoms with Gasteiger partial charge in [-0.2, -0.15) is 10.5 Å². The molecule has 1 aliphatic heterocycles. The summed E-state index contributed by atoms with van der Waals surface area (Å²) in [6.07, 6.45) is 0. The maximum absolute atomic E-state index is 12.4. The van der Waals surface area contributed by atoms with Crippen LogP contribution in [-0.4, -0.2) is 17.1 Å². The Bertz CT molecular complexity index is 849. The first-order valence-electron chi connectivity index (χ1n) is 7.79. The third-order valence-electron chi connectivity index (χ3n) is 4.11. The topological polar surface area (TPSA) is 106 Å². The lowest BCUT2D eigenvalue weighted by atomic mass is 9.72. The average Bonchev–Trinajstić information content (AvgIpc) is 2.56. The number of thioether (sulfide) groups is 1. The molecule has 0 saturated heterocycles. The number of amides is 2. The van der Waals surface area contributed by atoms with Gasteiger partial charge < -0.3 is 10.6 Å². The van der Waals surface area contributed by atoms with Crippen LogP contribution in [0.25, 0.3) is 0 Å². The maximum atomic E-state index is 12.4. The summed E-state index contributed by atoms with van der Waals surface area (Å²) >= 11 is 6.90. The lowest BCUT2D eigenvalue weighted by Crippen LogP contribution is -2.45. The summed E-state index contributed by atoms with van der Waals surface area (Å²) in [6, 6.07) is 10.7. The van der Waals surface area contributed by atoms with Gasteiger partial charge in [-0.25, -0.2) is 0 Å². The Morgan fingerprint density at radius 1 is 1.35 bits per heavy atom. The molecule has 26 heavy (non-hydrogen) atoms. The molecule has 6 nitrogen and oxygen atoms in total. The highest BCUT2D eigenvalue weighted by Gasteiger charge is 2.45. The van der Waals surface area contributed by atoms with E-state index in [0.29, 0.717) is 21.3 Å². The number of rotatable bonds is 4. The first-order valence-corrected chi connectivity index (χ1v) is 9.05. The van der Waals surface area contributed by atoms with Crippen molar-refractivity contribution in [2.24, 2.45) is 11.3 Å². The highest BCUT2D eigenvalue weighted by molar-refractivity contribution is 8.04. The quantitative estimate of drug-likeness (QED) is 0.821. The van der Waals surface area contributed by atoms with Crippen LogP contribution in [0.4, 0.5) is 5.69 Å². The Hall–Kier alpha value is -2.48. The number of nitrogens with one attached hydrogen (secondary N) is 2. The van der Waals surface area contributed by atoms with Crippen molar-refractivity contribution in [2.75, 3.05) is 5.32 Å². The Morgan fingerprint density at radius 2 is 1.96 bits per heavy atom. The van der Waals surface area contributed by atoms with Gasteiger partial charge in [0.15, 0.2) is 0 Å². The number of hydrogen-bond acceptors (Lipinski definition) is 5. The minimum atomic E-state index is -0.959. The second-order valence-corrected chi connectivity index (χ2v) is 8.13. The molecule has 2 amide bonds. The van der Waals surface area contributed by atoms with Crippen molar-refractivity contribution in [3.63, 3.8) is 0 Å². The predicted octanol–water partition coefficient (Wildman–Crippen LogP) is 3.43. The normalized spacial score (nSPS) is 19.8. The van der Waals surface area contributed by atoms with E-state index in [-0.39, 0.29) is 5.91 Å². The average molecular weight is 389 g/mol. The van der Waals surface area contributed by atoms with Gasteiger partial charge >= 0.3 is 0 Å². The molecule has 1 heterocycles. The summed E-state index contributed by atoms with van der Waals surface area (Å²) in [5, 5.41) is 24.4. The number of nitrogens with zero attached hydrogens (tertiary/aromatic N) is 2. The van der Waals surface area contributed by atoms with Crippen LogP contribution < -0.4 is 10.6 Å². The number of nitriles is 2. The van der Waals surface area contributed by atoms with Gasteiger partial charge in [-0.15, -0.1) is 0 Å². The molecule has 8 heteroatoms. The number of halogens is 1. The summed E-state index contributed by atoms with van der Waals surface area (Å²) in [5.74, 6) is -1.71. The smallest absolute Gasteiger partial charge is 0.243 e. The van der Waals surface area contributed by atoms with E-state index in [1.54, 1.807) is 45.0 Å². The number of carbonyl (C=O) groups is 2. The van der Waals surface area contributed by atoms with Crippen LogP contribution in [-0.2, 0) is 9.59 Å². The molecule has 1 aromatic carbocycles. The molecule has 0 radical (unpaired) electrons. The van der Waals surface area contributed by atoms with E-state index < -0.39 is 22.5 Å². The van der Waals surface area contributed by atoms with Gasteiger partial charge in [-0.05, 0) is 31.2 Å². The van der Waals surface area contributed by atoms with E-state index in [1.165, 1.54) is 0 Å². The largest absolute Gasteiger partial charge is 0.325 e. The van der Waals surface area contributed by atoms with Gasteiger partial charge in [0.2, 0.25) is 11.8 Å². The Morgan fingerprint density at radius 3 is 2.50 bits per heavy atom. The number of carbonyl (C=O) groups excluding carboxylic acids is 2. The second-order valence-electron chi connectivity index (χ2n) is 6.35. The van der Waals surface area contributed by atoms with E-state index >= 15 is 0 Å². The van der Waals surface area contributed by atoms with Gasteiger partial charge in [0.25, 0.3) is 0 Å². The maximum Gasteiger partial charge on any atom is 0.243 e. The molecule has 1 aliphatic rings. The van der Waals surface area contributed by atoms with Crippen LogP contribution in [0.5, 0.6) is 0 Å². The second kappa shape index (κ2) is 7.82. The fraction of sp³-hybridized carbons (Fsp3) is 0.333. The molecular formula is C18H17ClN4O2S. The third kappa shape index (κ3) is 4.01. The SMILES string of the molecule is C[C@@H](SC1=C(C#N)C(C)(C)[C@H](C#N)C(=O)N1)C(=O)Nc1ccc(Cl)cc1. The summed E-state index contributed by atoms with van der Waals surface area (Å²) in [5.41, 5.74) is -0.0423. The number of anilines is 1. The fourth-order valence-electron chi connectivity index (χ4n) is 2.52. The monoisotopic (exact) mass is 388 g/mol. The van der Waals surface area contributed by atoms with Crippen LogP contribution in [0.3, 0.4) is 0 Å². The third-order valence-corrected chi connectivity index (χ3v) is 5.47. The van der Waals surface area contributed by atoms with Crippen molar-refractivity contribution in [3.05, 3.63) is 39.9 Å². The van der Waals surface area contributed by atoms with Gasteiger partial charge in [-0.3, -0.25) is 9.59 Å². The zero-order valence-electron chi connectivity index (χ0n) is 14.5. The molecule has 0 bridgehead atoms. The van der Waals surface area contributed by atoms with E-state index in [9.17, 15) is 20.1 Å². The molecular weight excluding hydrogens is 372 g/mol. The van der Waals surface area contributed by atoms with Crippen LogP contribution in [0, 0.1) is 34.0 Å². The van der Waals surface area contributed by atoms with Crippen molar-refractivity contribution in [3.8, 4) is 12.1 Å². The van der Waals surface area contributed by atoms with Crippen molar-refractivity contribution in [1.29, 1.82) is 10.5 Å². The van der Waals surface area contributed by atoms with Crippen LogP contribution in [0.1, 0.15) is 20.8 Å². The zero-order chi connectivity index (χ0) is 19.5. The molecule has 2 rings (SSSR count). The fourth-order valence-corrected chi connectivity index (χ4v) is 3.75. The number of allylic oxidation sites excluding steroid dienone is 1. The lowest BCUT2D eigenvalue weighted by Gasteiger charge is -2.35. The van der Waals surface area contributed by atoms with E-state index in [0.717, 1.165) is 11.8 Å². The Labute approximate surface area is 161 Å². The summed E-state index contributed by atoms with van der Waals surface area (Å²) in [7, 11) is 0. The zero-order valence-corrected chi connectivity index (χ0v) is 16.0. The van der Waals surface area contributed by atoms with Crippen molar-refractivity contribution in [1.82, 2.24) is 5.32 Å². The van der Waals surface area contributed by atoms with Gasteiger partial charge in [0.1, 0.15) is 5.92 Å². The first-order chi connectivity index (χ1) is 12.2. The van der Waals surface area contributed by atoms with E-state index in [1.807, 2.05) is 6.07 Å². The van der Waals surface area contributed by atoms with Crippen molar-refractivity contribution < 1.29 is 9.59 Å². The Balaban J connectivity index is 2.20. The lowest BCUT2D eigenvalue weighted by molar-refractivity contribution is -0.125. The van der Waals surface area contributed by atoms with Gasteiger partial charge in [-0.1, -0.05) is 37.2 Å². The summed E-state index contributed by atoms with van der Waals surface area (Å²) < 4.78 is 0. The molecule has 0 saturated carbocycles. The van der Waals surface area contributed by atoms with Gasteiger partial charge in [0, 0.05) is 16.1 Å². The minimum Gasteiger partial charge on any atom is -0.325 e. The van der Waals surface area contributed by atoms with Crippen molar-refractivity contribution in [2.45, 2.75) is 26.0 Å². The standard InChI is InChI=1S/C18H17ClN4O2S/c1-10(15(24)22-12-6-4-11(19)5-7-12)26-17-14(9-21)18(2,3)13(8-20)16(25)23-17/h4-7,10,13H,1-3H3,(H,22,24)(H,23,25)/t10-,13-/m1/s1. The summed E-state index contributed by atoms with van der Waals surface area (Å²) in [4.78, 5) is 24.6. The van der Waals surface area contributed by atoms with E-state index in [4.69, 9.17) is 11.6 Å². The number of hydrogen-bond donors (Lipinski definition) is 2. The number of benzene rings is 1. The molecule has 2 N–H and O–H groups in total. The highest BCUT2D eigenvalue weighted by atomic mass is 35.5. The molecule has 0 unspecified atom stereocenters. The molecule has 1 aromatic rings. The Kier molecular flexibility index (Phi) is 5.97. The highest BCUT2D eigenvalue weighted by Crippen LogP contribution is 2.42. The first kappa shape index (κ1) is 19.8. The van der Waals surface area contributed by atoms with E-state index in [2.05, 4.69) is 16.7 Å². The van der Waals surface area contributed by atoms with Crippen LogP contribution >= 0.6 is 23.4 Å². The van der Waals surface area contributed by atoms with Crippen LogP contribution in [0.15, 0.2) is 34.9 Å². The predicted molar refractivity (Wildman–Crippen MR) is 101 cm³/mol. The van der Waals surface area contributed by atoms with Crippen LogP contribution in [0.2, 0.25) is 5.02 Å². The molecule has 0 aromatic heterocycles. The minimum absolute atomic E-state index is 0.281. The molecule has 2 atom stereocenters. The van der Waals surface area contributed by atoms with Crippen molar-refractivity contribution >= 4 is 40.9 Å². The molecule has 0 aliphatic carbocycles. The molecule has 134 valence electrons. The van der Waals surface area contributed by atoms with Gasteiger partial charge in [0.05, 0.1) is 28.0 Å². The molecule has 0 spiro atoms. The summed E-state index contributed by atoms with van der Waals surface area (Å²) in [6.45, 7) is 5.03.